The van der Waals surface area contributed by atoms with Crippen LogP contribution in [0.1, 0.15) is 122 Å². The van der Waals surface area contributed by atoms with Crippen molar-refractivity contribution < 1.29 is 23.7 Å². The third-order valence-electron chi connectivity index (χ3n) is 6.07. The predicted molar refractivity (Wildman–Crippen MR) is 145 cm³/mol. The highest BCUT2D eigenvalue weighted by atomic mass is 79.9. The van der Waals surface area contributed by atoms with E-state index in [2.05, 4.69) is 22.9 Å². The minimum absolute atomic E-state index is 0.191. The monoisotopic (exact) mass is 551 g/mol. The summed E-state index contributed by atoms with van der Waals surface area (Å²) in [6, 6.07) is 0. The summed E-state index contributed by atoms with van der Waals surface area (Å²) in [5.74, 6) is 0. The Kier molecular flexibility index (Phi) is 26.9. The molecule has 2 atom stereocenters. The van der Waals surface area contributed by atoms with Crippen LogP contribution in [0.15, 0.2) is 0 Å². The van der Waals surface area contributed by atoms with Gasteiger partial charge in [0.15, 0.2) is 0 Å². The number of nitrogens with two attached hydrogens (primary N) is 1. The lowest BCUT2D eigenvalue weighted by Crippen LogP contribution is -2.31. The van der Waals surface area contributed by atoms with Crippen LogP contribution in [0.4, 0.5) is 4.79 Å². The summed E-state index contributed by atoms with van der Waals surface area (Å²) in [4.78, 5) is 11.2. The Bertz CT molecular complexity index is 428. The Morgan fingerprint density at radius 1 is 0.765 bits per heavy atom. The maximum atomic E-state index is 11.2. The van der Waals surface area contributed by atoms with Gasteiger partial charge in [0.1, 0.15) is 6.10 Å². The van der Waals surface area contributed by atoms with Crippen molar-refractivity contribution in [2.45, 2.75) is 135 Å². The second-order valence-corrected chi connectivity index (χ2v) is 10.1. The van der Waals surface area contributed by atoms with Crippen molar-refractivity contribution in [1.82, 2.24) is 0 Å². The summed E-state index contributed by atoms with van der Waals surface area (Å²) < 4.78 is 22.0. The van der Waals surface area contributed by atoms with Gasteiger partial charge in [0.2, 0.25) is 6.29 Å². The molecular formula is C27H54BrNO5. The molecule has 0 saturated carbocycles. The molecule has 0 aliphatic heterocycles. The second-order valence-electron chi connectivity index (χ2n) is 9.27. The fourth-order valence-electron chi connectivity index (χ4n) is 3.90. The first-order valence-corrected chi connectivity index (χ1v) is 15.0. The van der Waals surface area contributed by atoms with Crippen molar-refractivity contribution in [2.75, 3.05) is 32.3 Å². The van der Waals surface area contributed by atoms with Crippen LogP contribution < -0.4 is 5.73 Å². The van der Waals surface area contributed by atoms with E-state index in [1.807, 2.05) is 0 Å². The molecule has 0 saturated heterocycles. The summed E-state index contributed by atoms with van der Waals surface area (Å²) >= 11 is 3.41. The van der Waals surface area contributed by atoms with Gasteiger partial charge in [-0.25, -0.2) is 4.79 Å². The Balaban J connectivity index is 3.72. The number of hydrogen-bond donors (Lipinski definition) is 1. The van der Waals surface area contributed by atoms with Gasteiger partial charge < -0.3 is 24.7 Å². The number of ether oxygens (including phenoxy) is 4. The van der Waals surface area contributed by atoms with Gasteiger partial charge in [-0.15, -0.1) is 0 Å². The van der Waals surface area contributed by atoms with Crippen LogP contribution in [0, 0.1) is 0 Å². The van der Waals surface area contributed by atoms with Gasteiger partial charge >= 0.3 is 6.09 Å². The van der Waals surface area contributed by atoms with E-state index >= 15 is 0 Å². The number of primary amides is 1. The van der Waals surface area contributed by atoms with E-state index in [0.717, 1.165) is 31.0 Å². The van der Waals surface area contributed by atoms with Crippen molar-refractivity contribution >= 4 is 22.0 Å². The molecule has 204 valence electrons. The van der Waals surface area contributed by atoms with E-state index < -0.39 is 12.4 Å². The van der Waals surface area contributed by atoms with Crippen LogP contribution in [0.3, 0.4) is 0 Å². The van der Waals surface area contributed by atoms with Crippen molar-refractivity contribution in [3.63, 3.8) is 0 Å². The van der Waals surface area contributed by atoms with Crippen LogP contribution in [-0.4, -0.2) is 50.7 Å². The summed E-state index contributed by atoms with van der Waals surface area (Å²) in [5.41, 5.74) is 5.21. The Morgan fingerprint density at radius 2 is 1.29 bits per heavy atom. The molecule has 0 bridgehead atoms. The minimum atomic E-state index is -0.800. The fourth-order valence-corrected chi connectivity index (χ4v) is 4.30. The molecule has 2 N–H and O–H groups in total. The first-order valence-electron chi connectivity index (χ1n) is 13.9. The fraction of sp³-hybridized carbons (Fsp3) is 0.963. The number of amides is 1. The zero-order valence-corrected chi connectivity index (χ0v) is 23.8. The molecule has 0 aromatic heterocycles. The van der Waals surface area contributed by atoms with Gasteiger partial charge in [-0.1, -0.05) is 113 Å². The van der Waals surface area contributed by atoms with Crippen LogP contribution in [0.2, 0.25) is 0 Å². The van der Waals surface area contributed by atoms with Crippen LogP contribution in [0.5, 0.6) is 0 Å². The molecule has 0 rings (SSSR count). The SMILES string of the molecule is CCCCCCCCCCCCCCCCCC(OCC(COCCCCBr)OC)OC(N)=O. The highest BCUT2D eigenvalue weighted by Gasteiger charge is 2.16. The van der Waals surface area contributed by atoms with Crippen LogP contribution >= 0.6 is 15.9 Å². The molecule has 0 radical (unpaired) electrons. The van der Waals surface area contributed by atoms with Crippen LogP contribution in [0.25, 0.3) is 0 Å². The third-order valence-corrected chi connectivity index (χ3v) is 6.63. The molecule has 6 nitrogen and oxygen atoms in total. The number of hydrogen-bond acceptors (Lipinski definition) is 5. The predicted octanol–water partition coefficient (Wildman–Crippen LogP) is 7.89. The molecule has 0 spiro atoms. The zero-order chi connectivity index (χ0) is 25.1. The van der Waals surface area contributed by atoms with E-state index in [1.165, 1.54) is 83.5 Å². The lowest BCUT2D eigenvalue weighted by atomic mass is 10.0. The van der Waals surface area contributed by atoms with Gasteiger partial charge in [-0.05, 0) is 19.3 Å². The number of unbranched alkanes of at least 4 members (excludes halogenated alkanes) is 15. The first kappa shape index (κ1) is 33.6. The van der Waals surface area contributed by atoms with Gasteiger partial charge in [-0.3, -0.25) is 0 Å². The number of methoxy groups -OCH3 is 1. The van der Waals surface area contributed by atoms with Gasteiger partial charge in [0.25, 0.3) is 0 Å². The Labute approximate surface area is 218 Å². The Morgan fingerprint density at radius 3 is 1.76 bits per heavy atom. The molecule has 0 aromatic rings. The van der Waals surface area contributed by atoms with Crippen molar-refractivity contribution in [3.8, 4) is 0 Å². The number of alkyl halides is 1. The second kappa shape index (κ2) is 27.2. The van der Waals surface area contributed by atoms with Crippen LogP contribution in [-0.2, 0) is 18.9 Å². The average molecular weight is 553 g/mol. The van der Waals surface area contributed by atoms with E-state index in [4.69, 9.17) is 24.7 Å². The average Bonchev–Trinajstić information content (AvgIpc) is 2.82. The normalized spacial score (nSPS) is 13.1. The van der Waals surface area contributed by atoms with E-state index in [-0.39, 0.29) is 6.10 Å². The summed E-state index contributed by atoms with van der Waals surface area (Å²) in [6.45, 7) is 3.74. The molecule has 2 unspecified atom stereocenters. The molecule has 0 aliphatic rings. The molecule has 0 heterocycles. The van der Waals surface area contributed by atoms with Gasteiger partial charge in [-0.2, -0.15) is 0 Å². The van der Waals surface area contributed by atoms with E-state index in [9.17, 15) is 4.79 Å². The van der Waals surface area contributed by atoms with Crippen molar-refractivity contribution in [1.29, 1.82) is 0 Å². The number of carbonyl (C=O) groups is 1. The molecule has 0 fully saturated rings. The summed E-state index contributed by atoms with van der Waals surface area (Å²) in [7, 11) is 1.63. The minimum Gasteiger partial charge on any atom is -0.420 e. The number of carbonyl (C=O) groups excluding carboxylic acids is 1. The number of halogens is 1. The third kappa shape index (κ3) is 24.7. The van der Waals surface area contributed by atoms with E-state index in [1.54, 1.807) is 7.11 Å². The molecule has 0 aliphatic carbocycles. The molecule has 1 amide bonds. The lowest BCUT2D eigenvalue weighted by Gasteiger charge is -2.21. The summed E-state index contributed by atoms with van der Waals surface area (Å²) in [5, 5.41) is 0.985. The quantitative estimate of drug-likeness (QED) is 0.0637. The van der Waals surface area contributed by atoms with Gasteiger partial charge in [0.05, 0.1) is 13.2 Å². The number of rotatable bonds is 27. The van der Waals surface area contributed by atoms with Crippen molar-refractivity contribution in [3.05, 3.63) is 0 Å². The highest BCUT2D eigenvalue weighted by molar-refractivity contribution is 9.09. The smallest absolute Gasteiger partial charge is 0.406 e. The highest BCUT2D eigenvalue weighted by Crippen LogP contribution is 2.15. The van der Waals surface area contributed by atoms with E-state index in [0.29, 0.717) is 26.2 Å². The summed E-state index contributed by atoms with van der Waals surface area (Å²) in [6.07, 6.45) is 20.9. The standard InChI is InChI=1S/C27H54BrNO5/c1-3-4-5-6-7-8-9-10-11-12-13-14-15-16-17-20-26(34-27(29)30)33-24-25(31-2)23-32-22-19-18-21-28/h25-26H,3-24H2,1-2H3,(H2,29,30). The molecule has 0 aromatic carbocycles. The van der Waals surface area contributed by atoms with Gasteiger partial charge in [0, 0.05) is 25.5 Å². The topological polar surface area (TPSA) is 80.0 Å². The largest absolute Gasteiger partial charge is 0.420 e. The van der Waals surface area contributed by atoms with Crippen molar-refractivity contribution in [2.24, 2.45) is 5.73 Å². The molecule has 34 heavy (non-hydrogen) atoms. The maximum absolute atomic E-state index is 11.2. The molecular weight excluding hydrogens is 498 g/mol. The molecule has 7 heteroatoms. The Hall–Kier alpha value is -0.370. The maximum Gasteiger partial charge on any atom is 0.406 e. The zero-order valence-electron chi connectivity index (χ0n) is 22.2. The first-order chi connectivity index (χ1) is 16.6. The lowest BCUT2D eigenvalue weighted by molar-refractivity contribution is -0.139.